The van der Waals surface area contributed by atoms with E-state index in [0.717, 1.165) is 0 Å². The average molecular weight is 738 g/mol. The maximum absolute atomic E-state index is 13.6. The molecule has 1 aromatic carbocycles. The van der Waals surface area contributed by atoms with Crippen LogP contribution in [-0.2, 0) is 59.1 Å². The number of ether oxygens (including phenoxy) is 5. The highest BCUT2D eigenvalue weighted by atomic mass is 16.6. The van der Waals surface area contributed by atoms with Gasteiger partial charge in [-0.2, -0.15) is 0 Å². The highest BCUT2D eigenvalue weighted by molar-refractivity contribution is 5.94. The quantitative estimate of drug-likeness (QED) is 0.0730. The van der Waals surface area contributed by atoms with Crippen molar-refractivity contribution in [2.45, 2.75) is 110 Å². The van der Waals surface area contributed by atoms with Gasteiger partial charge in [0.1, 0.15) is 30.3 Å². The van der Waals surface area contributed by atoms with Crippen LogP contribution in [-0.4, -0.2) is 91.4 Å². The molecule has 1 aromatic rings. The lowest BCUT2D eigenvalue weighted by Crippen LogP contribution is -2.58. The monoisotopic (exact) mass is 737 g/mol. The van der Waals surface area contributed by atoms with Gasteiger partial charge in [-0.3, -0.25) is 34.2 Å². The second kappa shape index (κ2) is 23.9. The van der Waals surface area contributed by atoms with E-state index < -0.39 is 71.5 Å². The largest absolute Gasteiger partial charge is 0.466 e. The summed E-state index contributed by atoms with van der Waals surface area (Å²) in [5, 5.41) is 7.28. The van der Waals surface area contributed by atoms with Crippen molar-refractivity contribution < 1.29 is 62.0 Å². The van der Waals surface area contributed by atoms with Crippen molar-refractivity contribution in [2.24, 2.45) is 0 Å². The van der Waals surface area contributed by atoms with E-state index in [0.29, 0.717) is 5.56 Å². The average Bonchev–Trinajstić information content (AvgIpc) is 3.08. The maximum atomic E-state index is 13.6. The summed E-state index contributed by atoms with van der Waals surface area (Å²) in [6.07, 6.45) is -3.80. The van der Waals surface area contributed by atoms with Gasteiger partial charge in [-0.25, -0.2) is 15.0 Å². The molecule has 3 atom stereocenters. The van der Waals surface area contributed by atoms with Crippen LogP contribution in [0.1, 0.15) is 85.6 Å². The number of hydrazine groups is 1. The number of nitrogens with one attached hydrogen (secondary N) is 5. The van der Waals surface area contributed by atoms with Crippen LogP contribution >= 0.6 is 0 Å². The Morgan fingerprint density at radius 2 is 0.981 bits per heavy atom. The molecule has 0 heterocycles. The fourth-order valence-electron chi connectivity index (χ4n) is 4.25. The van der Waals surface area contributed by atoms with Gasteiger partial charge in [0.2, 0.25) is 11.8 Å². The molecule has 0 radical (unpaired) electrons. The number of benzene rings is 1. The van der Waals surface area contributed by atoms with Crippen LogP contribution in [0.15, 0.2) is 30.3 Å². The second-order valence-electron chi connectivity index (χ2n) is 12.0. The smallest absolute Gasteiger partial charge is 0.426 e. The summed E-state index contributed by atoms with van der Waals surface area (Å²) in [5.74, 6) is -4.84. The summed E-state index contributed by atoms with van der Waals surface area (Å²) >= 11 is 0. The van der Waals surface area contributed by atoms with E-state index in [2.05, 4.69) is 26.8 Å². The Balaban J connectivity index is 3.24. The fraction of sp³-hybridized carbons (Fsp3) is 0.588. The van der Waals surface area contributed by atoms with Crippen molar-refractivity contribution in [3.8, 4) is 0 Å². The lowest BCUT2D eigenvalue weighted by atomic mass is 10.1. The molecular weight excluding hydrogens is 686 g/mol. The van der Waals surface area contributed by atoms with E-state index in [-0.39, 0.29) is 65.0 Å². The molecule has 1 rings (SSSR count). The molecule has 0 saturated carbocycles. The van der Waals surface area contributed by atoms with E-state index >= 15 is 0 Å². The van der Waals surface area contributed by atoms with E-state index in [4.69, 9.17) is 23.7 Å². The van der Waals surface area contributed by atoms with E-state index in [9.17, 15) is 38.4 Å². The van der Waals surface area contributed by atoms with Gasteiger partial charge in [0.05, 0.1) is 19.8 Å². The van der Waals surface area contributed by atoms with Gasteiger partial charge in [0.25, 0.3) is 5.91 Å². The third kappa shape index (κ3) is 19.7. The van der Waals surface area contributed by atoms with E-state index in [1.807, 2.05) is 0 Å². The molecule has 290 valence electrons. The molecule has 0 aliphatic heterocycles. The summed E-state index contributed by atoms with van der Waals surface area (Å²) in [4.78, 5) is 102. The zero-order chi connectivity index (χ0) is 39.1. The van der Waals surface area contributed by atoms with Gasteiger partial charge in [0.15, 0.2) is 0 Å². The molecular formula is C34H51N5O13. The summed E-state index contributed by atoms with van der Waals surface area (Å²) in [6.45, 7) is 9.65. The molecule has 0 bridgehead atoms. The lowest BCUT2D eigenvalue weighted by Gasteiger charge is -2.25. The third-order valence-corrected chi connectivity index (χ3v) is 6.60. The zero-order valence-electron chi connectivity index (χ0n) is 30.5. The van der Waals surface area contributed by atoms with Crippen molar-refractivity contribution in [1.29, 1.82) is 0 Å². The SMILES string of the molecule is CCOC(=O)CCC(NC(=O)OCc1ccccc1)C(=O)NC(CCC(=O)OCC)C(=O)NC(CCC(=O)OCC)C(=O)NNC(=O)OC(C)(C)C. The van der Waals surface area contributed by atoms with E-state index in [1.165, 1.54) is 0 Å². The predicted octanol–water partition coefficient (Wildman–Crippen LogP) is 1.84. The number of hydrogen-bond donors (Lipinski definition) is 5. The van der Waals surface area contributed by atoms with Crippen LogP contribution in [0, 0.1) is 0 Å². The molecule has 5 N–H and O–H groups in total. The Hall–Kier alpha value is -5.42. The number of rotatable bonds is 20. The zero-order valence-corrected chi connectivity index (χ0v) is 30.5. The fourth-order valence-corrected chi connectivity index (χ4v) is 4.25. The van der Waals surface area contributed by atoms with Gasteiger partial charge >= 0.3 is 30.1 Å². The molecule has 0 aliphatic rings. The van der Waals surface area contributed by atoms with Crippen molar-refractivity contribution >= 4 is 47.8 Å². The summed E-state index contributed by atoms with van der Waals surface area (Å²) in [5.41, 5.74) is 3.95. The Bertz CT molecular complexity index is 1350. The maximum Gasteiger partial charge on any atom is 0.426 e. The van der Waals surface area contributed by atoms with Crippen LogP contribution in [0.2, 0.25) is 0 Å². The van der Waals surface area contributed by atoms with Crippen molar-refractivity contribution in [3.63, 3.8) is 0 Å². The second-order valence-corrected chi connectivity index (χ2v) is 12.0. The van der Waals surface area contributed by atoms with Gasteiger partial charge in [-0.15, -0.1) is 0 Å². The number of amides is 5. The van der Waals surface area contributed by atoms with Crippen LogP contribution in [0.4, 0.5) is 9.59 Å². The molecule has 18 nitrogen and oxygen atoms in total. The molecule has 18 heteroatoms. The number of carbonyl (C=O) groups excluding carboxylic acids is 8. The van der Waals surface area contributed by atoms with Gasteiger partial charge in [0, 0.05) is 19.3 Å². The molecule has 3 unspecified atom stereocenters. The molecule has 52 heavy (non-hydrogen) atoms. The number of carbonyl (C=O) groups is 8. The van der Waals surface area contributed by atoms with Crippen LogP contribution in [0.5, 0.6) is 0 Å². The van der Waals surface area contributed by atoms with Crippen molar-refractivity contribution in [1.82, 2.24) is 26.8 Å². The van der Waals surface area contributed by atoms with Crippen molar-refractivity contribution in [3.05, 3.63) is 35.9 Å². The van der Waals surface area contributed by atoms with E-state index in [1.54, 1.807) is 71.9 Å². The molecule has 5 amide bonds. The minimum absolute atomic E-state index is 0.0494. The Labute approximate surface area is 302 Å². The molecule has 0 spiro atoms. The highest BCUT2D eigenvalue weighted by Crippen LogP contribution is 2.09. The summed E-state index contributed by atoms with van der Waals surface area (Å²) < 4.78 is 25.1. The minimum Gasteiger partial charge on any atom is -0.466 e. The first-order valence-corrected chi connectivity index (χ1v) is 16.9. The molecule has 0 fully saturated rings. The van der Waals surface area contributed by atoms with Crippen LogP contribution in [0.3, 0.4) is 0 Å². The minimum atomic E-state index is -1.50. The van der Waals surface area contributed by atoms with Gasteiger partial charge in [-0.1, -0.05) is 30.3 Å². The number of alkyl carbamates (subject to hydrolysis) is 1. The van der Waals surface area contributed by atoms with Crippen molar-refractivity contribution in [2.75, 3.05) is 19.8 Å². The standard InChI is InChI=1S/C34H51N5O13/c1-7-48-26(40)18-15-23(29(43)36-25(17-20-28(42)50-9-3)31(45)38-39-33(47)52-34(4,5)6)35-30(44)24(16-19-27(41)49-8-2)37-32(46)51-21-22-13-11-10-12-14-22/h10-14,23-25H,7-9,15-21H2,1-6H3,(H,35,44)(H,36,43)(H,37,46)(H,38,45)(H,39,47). The highest BCUT2D eigenvalue weighted by Gasteiger charge is 2.31. The topological polar surface area (TPSA) is 243 Å². The molecule has 0 saturated heterocycles. The summed E-state index contributed by atoms with van der Waals surface area (Å²) in [7, 11) is 0. The predicted molar refractivity (Wildman–Crippen MR) is 183 cm³/mol. The van der Waals surface area contributed by atoms with Gasteiger partial charge < -0.3 is 39.6 Å². The van der Waals surface area contributed by atoms with Crippen LogP contribution < -0.4 is 26.8 Å². The first-order chi connectivity index (χ1) is 24.6. The Morgan fingerprint density at radius 3 is 1.40 bits per heavy atom. The summed E-state index contributed by atoms with van der Waals surface area (Å²) in [6, 6.07) is 4.35. The first-order valence-electron chi connectivity index (χ1n) is 16.9. The normalized spacial score (nSPS) is 12.4. The molecule has 0 aliphatic carbocycles. The Kier molecular flexibility index (Phi) is 20.5. The first kappa shape index (κ1) is 44.6. The molecule has 0 aromatic heterocycles. The third-order valence-electron chi connectivity index (χ3n) is 6.60. The van der Waals surface area contributed by atoms with Crippen LogP contribution in [0.25, 0.3) is 0 Å². The number of hydrogen-bond acceptors (Lipinski definition) is 13. The Morgan fingerprint density at radius 1 is 0.558 bits per heavy atom. The number of esters is 3. The lowest BCUT2D eigenvalue weighted by molar-refractivity contribution is -0.145. The van der Waals surface area contributed by atoms with Gasteiger partial charge in [-0.05, 0) is 66.4 Å².